The van der Waals surface area contributed by atoms with Gasteiger partial charge in [0.1, 0.15) is 11.6 Å². The number of nitrogens with one attached hydrogen (secondary N) is 2. The number of benzene rings is 1. The number of amides is 1. The molecular formula is C23H33N3O2. The molecule has 2 aliphatic carbocycles. The van der Waals surface area contributed by atoms with Gasteiger partial charge >= 0.3 is 6.09 Å². The van der Waals surface area contributed by atoms with Crippen LogP contribution in [0.25, 0.3) is 0 Å². The van der Waals surface area contributed by atoms with Crippen molar-refractivity contribution < 1.29 is 9.53 Å². The lowest BCUT2D eigenvalue weighted by molar-refractivity contribution is 0.0599. The monoisotopic (exact) mass is 383 g/mol. The van der Waals surface area contributed by atoms with Crippen LogP contribution in [0.2, 0.25) is 0 Å². The van der Waals surface area contributed by atoms with Crippen molar-refractivity contribution in [1.82, 2.24) is 5.32 Å². The molecule has 0 radical (unpaired) electrons. The van der Waals surface area contributed by atoms with E-state index in [0.29, 0.717) is 5.92 Å². The van der Waals surface area contributed by atoms with Crippen LogP contribution in [0, 0.1) is 17.2 Å². The third-order valence-electron chi connectivity index (χ3n) is 5.83. The number of rotatable bonds is 5. The summed E-state index contributed by atoms with van der Waals surface area (Å²) in [5, 5.41) is 15.6. The Morgan fingerprint density at radius 2 is 1.82 bits per heavy atom. The molecule has 0 atom stereocenters. The maximum Gasteiger partial charge on any atom is 0.407 e. The number of carbonyl (C=O) groups excluding carboxylic acids is 1. The van der Waals surface area contributed by atoms with Crippen LogP contribution in [-0.4, -0.2) is 23.3 Å². The summed E-state index contributed by atoms with van der Waals surface area (Å²) in [6, 6.07) is 11.0. The van der Waals surface area contributed by atoms with Crippen molar-refractivity contribution in [3.8, 4) is 6.07 Å². The van der Waals surface area contributed by atoms with E-state index in [-0.39, 0.29) is 23.3 Å². The molecule has 5 nitrogen and oxygen atoms in total. The highest BCUT2D eigenvalue weighted by atomic mass is 16.6. The maximum absolute atomic E-state index is 11.9. The minimum Gasteiger partial charge on any atom is -0.446 e. The van der Waals surface area contributed by atoms with Crippen molar-refractivity contribution in [3.05, 3.63) is 29.8 Å². The lowest BCUT2D eigenvalue weighted by atomic mass is 9.78. The Morgan fingerprint density at radius 1 is 1.18 bits per heavy atom. The first-order chi connectivity index (χ1) is 13.3. The zero-order valence-electron chi connectivity index (χ0n) is 17.4. The standard InChI is InChI=1S/C23H33N3O2/c1-22(2,3)26-21(27)28-20-11-7-18(8-12-20)15-17-5-9-19(10-6-17)25-23(16-24)13-4-14-23/h5-6,9-10,18,20,25H,4,7-8,11-15H2,1-3H3,(H,26,27). The molecule has 2 fully saturated rings. The first-order valence-electron chi connectivity index (χ1n) is 10.5. The fraction of sp³-hybridized carbons (Fsp3) is 0.652. The van der Waals surface area contributed by atoms with E-state index in [0.717, 1.165) is 57.1 Å². The number of hydrogen-bond donors (Lipinski definition) is 2. The number of alkyl carbamates (subject to hydrolysis) is 1. The van der Waals surface area contributed by atoms with E-state index in [1.54, 1.807) is 0 Å². The van der Waals surface area contributed by atoms with Crippen molar-refractivity contribution in [2.24, 2.45) is 5.92 Å². The van der Waals surface area contributed by atoms with Crippen LogP contribution in [0.1, 0.15) is 71.3 Å². The molecule has 3 rings (SSSR count). The van der Waals surface area contributed by atoms with Gasteiger partial charge in [0, 0.05) is 11.2 Å². The summed E-state index contributed by atoms with van der Waals surface area (Å²) in [5.41, 5.74) is 1.76. The SMILES string of the molecule is CC(C)(C)NC(=O)OC1CCC(Cc2ccc(NC3(C#N)CCC3)cc2)CC1. The average Bonchev–Trinajstić information content (AvgIpc) is 2.60. The van der Waals surface area contributed by atoms with Gasteiger partial charge in [0.2, 0.25) is 0 Å². The second-order valence-electron chi connectivity index (χ2n) is 9.50. The van der Waals surface area contributed by atoms with Crippen LogP contribution >= 0.6 is 0 Å². The Bertz CT molecular complexity index is 703. The van der Waals surface area contributed by atoms with Gasteiger partial charge in [-0.3, -0.25) is 0 Å². The van der Waals surface area contributed by atoms with Gasteiger partial charge in [-0.1, -0.05) is 12.1 Å². The summed E-state index contributed by atoms with van der Waals surface area (Å²) in [4.78, 5) is 11.9. The van der Waals surface area contributed by atoms with Gasteiger partial charge in [-0.2, -0.15) is 5.26 Å². The number of nitrogens with zero attached hydrogens (tertiary/aromatic N) is 1. The molecule has 28 heavy (non-hydrogen) atoms. The Kier molecular flexibility index (Phi) is 6.17. The number of hydrogen-bond acceptors (Lipinski definition) is 4. The highest BCUT2D eigenvalue weighted by Gasteiger charge is 2.37. The molecule has 2 saturated carbocycles. The molecule has 1 aromatic carbocycles. The van der Waals surface area contributed by atoms with Crippen LogP contribution in [0.3, 0.4) is 0 Å². The molecule has 0 aliphatic heterocycles. The van der Waals surface area contributed by atoms with E-state index in [9.17, 15) is 10.1 Å². The predicted octanol–water partition coefficient (Wildman–Crippen LogP) is 5.17. The van der Waals surface area contributed by atoms with Crippen molar-refractivity contribution in [2.45, 2.75) is 89.3 Å². The number of anilines is 1. The van der Waals surface area contributed by atoms with Crippen LogP contribution in [-0.2, 0) is 11.2 Å². The number of nitriles is 1. The third kappa shape index (κ3) is 5.64. The van der Waals surface area contributed by atoms with Crippen LogP contribution in [0.4, 0.5) is 10.5 Å². The topological polar surface area (TPSA) is 74.2 Å². The van der Waals surface area contributed by atoms with Gasteiger partial charge in [0.25, 0.3) is 0 Å². The Balaban J connectivity index is 1.42. The van der Waals surface area contributed by atoms with E-state index in [1.165, 1.54) is 5.56 Å². The first-order valence-corrected chi connectivity index (χ1v) is 10.5. The molecule has 0 unspecified atom stereocenters. The summed E-state index contributed by atoms with van der Waals surface area (Å²) in [5.74, 6) is 0.640. The highest BCUT2D eigenvalue weighted by molar-refractivity contribution is 5.68. The first kappa shape index (κ1) is 20.5. The fourth-order valence-corrected chi connectivity index (χ4v) is 4.07. The highest BCUT2D eigenvalue weighted by Crippen LogP contribution is 2.35. The van der Waals surface area contributed by atoms with Crippen molar-refractivity contribution in [3.63, 3.8) is 0 Å². The molecule has 152 valence electrons. The second kappa shape index (κ2) is 8.43. The van der Waals surface area contributed by atoms with Crippen molar-refractivity contribution >= 4 is 11.8 Å². The smallest absolute Gasteiger partial charge is 0.407 e. The summed E-state index contributed by atoms with van der Waals surface area (Å²) in [6.45, 7) is 5.87. The van der Waals surface area contributed by atoms with E-state index in [4.69, 9.17) is 4.74 Å². The average molecular weight is 384 g/mol. The van der Waals surface area contributed by atoms with Crippen LogP contribution in [0.15, 0.2) is 24.3 Å². The molecule has 5 heteroatoms. The molecule has 0 spiro atoms. The normalized spacial score (nSPS) is 23.8. The largest absolute Gasteiger partial charge is 0.446 e. The quantitative estimate of drug-likeness (QED) is 0.735. The van der Waals surface area contributed by atoms with Crippen LogP contribution < -0.4 is 10.6 Å². The van der Waals surface area contributed by atoms with Crippen molar-refractivity contribution in [2.75, 3.05) is 5.32 Å². The minimum absolute atomic E-state index is 0.0369. The van der Waals surface area contributed by atoms with Gasteiger partial charge in [0.05, 0.1) is 6.07 Å². The Labute approximate surface area is 168 Å². The molecule has 1 amide bonds. The van der Waals surface area contributed by atoms with Gasteiger partial charge in [0.15, 0.2) is 0 Å². The lowest BCUT2D eigenvalue weighted by Crippen LogP contribution is -2.43. The molecule has 1 aromatic rings. The summed E-state index contributed by atoms with van der Waals surface area (Å²) in [7, 11) is 0. The van der Waals surface area contributed by atoms with Gasteiger partial charge in [-0.25, -0.2) is 4.79 Å². The summed E-state index contributed by atoms with van der Waals surface area (Å²) < 4.78 is 5.57. The molecule has 0 saturated heterocycles. The molecule has 2 aliphatic rings. The van der Waals surface area contributed by atoms with Crippen molar-refractivity contribution in [1.29, 1.82) is 5.26 Å². The zero-order chi connectivity index (χ0) is 20.2. The Morgan fingerprint density at radius 3 is 2.32 bits per heavy atom. The molecular weight excluding hydrogens is 350 g/mol. The Hall–Kier alpha value is -2.22. The minimum atomic E-state index is -0.348. The maximum atomic E-state index is 11.9. The molecule has 2 N–H and O–H groups in total. The van der Waals surface area contributed by atoms with E-state index >= 15 is 0 Å². The van der Waals surface area contributed by atoms with E-state index < -0.39 is 0 Å². The van der Waals surface area contributed by atoms with Crippen LogP contribution in [0.5, 0.6) is 0 Å². The van der Waals surface area contributed by atoms with E-state index in [2.05, 4.69) is 41.0 Å². The summed E-state index contributed by atoms with van der Waals surface area (Å²) >= 11 is 0. The van der Waals surface area contributed by atoms with Gasteiger partial charge in [-0.05, 0) is 95.8 Å². The van der Waals surface area contributed by atoms with E-state index in [1.807, 2.05) is 20.8 Å². The zero-order valence-corrected chi connectivity index (χ0v) is 17.4. The third-order valence-corrected chi connectivity index (χ3v) is 5.83. The number of ether oxygens (including phenoxy) is 1. The van der Waals surface area contributed by atoms with Gasteiger partial charge in [-0.15, -0.1) is 0 Å². The molecule has 0 bridgehead atoms. The predicted molar refractivity (Wildman–Crippen MR) is 111 cm³/mol. The van der Waals surface area contributed by atoms with Gasteiger partial charge < -0.3 is 15.4 Å². The molecule has 0 heterocycles. The lowest BCUT2D eigenvalue weighted by Gasteiger charge is -2.36. The summed E-state index contributed by atoms with van der Waals surface area (Å²) in [6.07, 6.45) is 7.84. The molecule has 0 aromatic heterocycles. The number of carbonyl (C=O) groups is 1. The second-order valence-corrected chi connectivity index (χ2v) is 9.50. The fourth-order valence-electron chi connectivity index (χ4n) is 4.07.